The van der Waals surface area contributed by atoms with Crippen LogP contribution in [0.3, 0.4) is 0 Å². The van der Waals surface area contributed by atoms with E-state index in [0.717, 1.165) is 12.3 Å². The molecule has 0 saturated carbocycles. The molecule has 1 saturated heterocycles. The van der Waals surface area contributed by atoms with Crippen LogP contribution in [0.2, 0.25) is 0 Å². The van der Waals surface area contributed by atoms with Gasteiger partial charge in [-0.2, -0.15) is 0 Å². The van der Waals surface area contributed by atoms with Gasteiger partial charge in [0.05, 0.1) is 7.11 Å². The summed E-state index contributed by atoms with van der Waals surface area (Å²) in [5.74, 6) is 1.73. The van der Waals surface area contributed by atoms with E-state index in [9.17, 15) is 0 Å². The molecule has 1 heterocycles. The van der Waals surface area contributed by atoms with Crippen LogP contribution in [0.1, 0.15) is 35.2 Å². The number of nitrogens with one attached hydrogen (secondary N) is 1. The predicted molar refractivity (Wildman–Crippen MR) is 74.8 cm³/mol. The number of hydrogen-bond donors (Lipinski definition) is 1. The van der Waals surface area contributed by atoms with E-state index in [1.54, 1.807) is 7.11 Å². The third kappa shape index (κ3) is 1.89. The second kappa shape index (κ2) is 4.62. The fraction of sp³-hybridized carbons (Fsp3) is 0.571. The smallest absolute Gasteiger partial charge is 0.127 e. The Labute approximate surface area is 112 Å². The standard InChI is InChI=1S/C14H20BrNO/c1-7-6-16-13(7)11-10(4)12(15)8(2)9(3)14(11)17-5/h7,13,16H,6H2,1-5H3. The van der Waals surface area contributed by atoms with Crippen molar-refractivity contribution in [2.24, 2.45) is 5.92 Å². The zero-order valence-corrected chi connectivity index (χ0v) is 12.7. The molecule has 0 aliphatic carbocycles. The van der Waals surface area contributed by atoms with Crippen LogP contribution in [0, 0.1) is 26.7 Å². The Morgan fingerprint density at radius 2 is 1.82 bits per heavy atom. The normalized spacial score (nSPS) is 23.4. The molecule has 0 aromatic heterocycles. The van der Waals surface area contributed by atoms with Crippen LogP contribution >= 0.6 is 15.9 Å². The topological polar surface area (TPSA) is 21.3 Å². The SMILES string of the molecule is COc1c(C)c(C)c(Br)c(C)c1C1NCC1C. The van der Waals surface area contributed by atoms with Gasteiger partial charge >= 0.3 is 0 Å². The van der Waals surface area contributed by atoms with Gasteiger partial charge in [-0.05, 0) is 43.4 Å². The average Bonchev–Trinajstić information content (AvgIpc) is 2.31. The van der Waals surface area contributed by atoms with E-state index in [1.165, 1.54) is 26.7 Å². The summed E-state index contributed by atoms with van der Waals surface area (Å²) in [5.41, 5.74) is 5.13. The highest BCUT2D eigenvalue weighted by Crippen LogP contribution is 2.43. The number of benzene rings is 1. The molecule has 2 atom stereocenters. The molecule has 1 aromatic rings. The zero-order valence-electron chi connectivity index (χ0n) is 11.1. The Bertz CT molecular complexity index is 456. The van der Waals surface area contributed by atoms with Crippen LogP contribution in [-0.4, -0.2) is 13.7 Å². The van der Waals surface area contributed by atoms with Gasteiger partial charge < -0.3 is 10.1 Å². The zero-order chi connectivity index (χ0) is 12.7. The van der Waals surface area contributed by atoms with Crippen LogP contribution < -0.4 is 10.1 Å². The number of rotatable bonds is 2. The molecular weight excluding hydrogens is 278 g/mol. The second-order valence-electron chi connectivity index (χ2n) is 5.00. The quantitative estimate of drug-likeness (QED) is 0.899. The molecule has 0 amide bonds. The Hall–Kier alpha value is -0.540. The summed E-state index contributed by atoms with van der Waals surface area (Å²) in [5, 5.41) is 3.50. The molecule has 3 heteroatoms. The van der Waals surface area contributed by atoms with E-state index in [-0.39, 0.29) is 0 Å². The second-order valence-corrected chi connectivity index (χ2v) is 5.79. The first-order valence-corrected chi connectivity index (χ1v) is 6.84. The third-order valence-corrected chi connectivity index (χ3v) is 5.14. The fourth-order valence-electron chi connectivity index (χ4n) is 2.60. The summed E-state index contributed by atoms with van der Waals surface area (Å²) in [7, 11) is 1.77. The molecule has 2 rings (SSSR count). The van der Waals surface area contributed by atoms with Gasteiger partial charge in [-0.3, -0.25) is 0 Å². The molecule has 1 fully saturated rings. The molecule has 1 N–H and O–H groups in total. The molecule has 94 valence electrons. The first-order chi connectivity index (χ1) is 7.99. The van der Waals surface area contributed by atoms with Gasteiger partial charge in [0.25, 0.3) is 0 Å². The summed E-state index contributed by atoms with van der Waals surface area (Å²) in [6.45, 7) is 9.81. The van der Waals surface area contributed by atoms with Crippen molar-refractivity contribution < 1.29 is 4.74 Å². The summed E-state index contributed by atoms with van der Waals surface area (Å²) < 4.78 is 6.85. The Morgan fingerprint density at radius 3 is 2.24 bits per heavy atom. The van der Waals surface area contributed by atoms with E-state index in [2.05, 4.69) is 48.9 Å². The van der Waals surface area contributed by atoms with E-state index >= 15 is 0 Å². The minimum atomic E-state index is 0.431. The van der Waals surface area contributed by atoms with Crippen molar-refractivity contribution in [1.29, 1.82) is 0 Å². The lowest BCUT2D eigenvalue weighted by molar-refractivity contribution is 0.249. The van der Waals surface area contributed by atoms with Gasteiger partial charge in [0, 0.05) is 22.6 Å². The van der Waals surface area contributed by atoms with Crippen molar-refractivity contribution in [3.63, 3.8) is 0 Å². The summed E-state index contributed by atoms with van der Waals surface area (Å²) >= 11 is 3.70. The number of methoxy groups -OCH3 is 1. The summed E-state index contributed by atoms with van der Waals surface area (Å²) in [4.78, 5) is 0. The first kappa shape index (κ1) is 12.9. The first-order valence-electron chi connectivity index (χ1n) is 6.05. The predicted octanol–water partition coefficient (Wildman–Crippen LogP) is 3.66. The van der Waals surface area contributed by atoms with Crippen LogP contribution in [0.15, 0.2) is 4.47 Å². The lowest BCUT2D eigenvalue weighted by atomic mass is 9.83. The third-order valence-electron chi connectivity index (χ3n) is 3.95. The van der Waals surface area contributed by atoms with E-state index in [4.69, 9.17) is 4.74 Å². The molecule has 0 spiro atoms. The highest BCUT2D eigenvalue weighted by molar-refractivity contribution is 9.10. The van der Waals surface area contributed by atoms with E-state index in [1.807, 2.05) is 0 Å². The largest absolute Gasteiger partial charge is 0.496 e. The minimum absolute atomic E-state index is 0.431. The highest BCUT2D eigenvalue weighted by atomic mass is 79.9. The minimum Gasteiger partial charge on any atom is -0.496 e. The molecule has 1 aromatic carbocycles. The van der Waals surface area contributed by atoms with Crippen LogP contribution in [-0.2, 0) is 0 Å². The molecule has 0 bridgehead atoms. The maximum absolute atomic E-state index is 5.64. The van der Waals surface area contributed by atoms with E-state index < -0.39 is 0 Å². The Balaban J connectivity index is 2.64. The molecular formula is C14H20BrNO. The van der Waals surface area contributed by atoms with E-state index in [0.29, 0.717) is 12.0 Å². The van der Waals surface area contributed by atoms with Gasteiger partial charge in [-0.15, -0.1) is 0 Å². The maximum atomic E-state index is 5.64. The van der Waals surface area contributed by atoms with Gasteiger partial charge in [-0.25, -0.2) is 0 Å². The summed E-state index contributed by atoms with van der Waals surface area (Å²) in [6, 6.07) is 0.431. The average molecular weight is 298 g/mol. The highest BCUT2D eigenvalue weighted by Gasteiger charge is 2.33. The number of ether oxygens (including phenoxy) is 1. The Morgan fingerprint density at radius 1 is 1.18 bits per heavy atom. The summed E-state index contributed by atoms with van der Waals surface area (Å²) in [6.07, 6.45) is 0. The van der Waals surface area contributed by atoms with Crippen molar-refractivity contribution in [2.75, 3.05) is 13.7 Å². The monoisotopic (exact) mass is 297 g/mol. The van der Waals surface area contributed by atoms with Crippen molar-refractivity contribution in [1.82, 2.24) is 5.32 Å². The van der Waals surface area contributed by atoms with Gasteiger partial charge in [0.15, 0.2) is 0 Å². The van der Waals surface area contributed by atoms with Crippen molar-refractivity contribution in [3.05, 3.63) is 26.7 Å². The molecule has 1 aliphatic rings. The molecule has 2 unspecified atom stereocenters. The molecule has 2 nitrogen and oxygen atoms in total. The van der Waals surface area contributed by atoms with Crippen molar-refractivity contribution in [2.45, 2.75) is 33.7 Å². The van der Waals surface area contributed by atoms with Gasteiger partial charge in [-0.1, -0.05) is 22.9 Å². The number of halogens is 1. The van der Waals surface area contributed by atoms with Gasteiger partial charge in [0.2, 0.25) is 0 Å². The Kier molecular flexibility index (Phi) is 3.50. The van der Waals surface area contributed by atoms with Crippen LogP contribution in [0.25, 0.3) is 0 Å². The van der Waals surface area contributed by atoms with Crippen molar-refractivity contribution in [3.8, 4) is 5.75 Å². The lowest BCUT2D eigenvalue weighted by Gasteiger charge is -2.38. The molecule has 17 heavy (non-hydrogen) atoms. The molecule has 1 aliphatic heterocycles. The molecule has 0 radical (unpaired) electrons. The van der Waals surface area contributed by atoms with Gasteiger partial charge in [0.1, 0.15) is 5.75 Å². The lowest BCUT2D eigenvalue weighted by Crippen LogP contribution is -2.44. The van der Waals surface area contributed by atoms with Crippen molar-refractivity contribution >= 4 is 15.9 Å². The van der Waals surface area contributed by atoms with Crippen LogP contribution in [0.5, 0.6) is 5.75 Å². The maximum Gasteiger partial charge on any atom is 0.127 e. The fourth-order valence-corrected chi connectivity index (χ4v) is 3.11. The van der Waals surface area contributed by atoms with Crippen LogP contribution in [0.4, 0.5) is 0 Å². The number of hydrogen-bond acceptors (Lipinski definition) is 2.